The molecule has 1 amide bonds. The zero-order chi connectivity index (χ0) is 30.0. The predicted octanol–water partition coefficient (Wildman–Crippen LogP) is 7.84. The highest BCUT2D eigenvalue weighted by Crippen LogP contribution is 2.71. The fourth-order valence-corrected chi connectivity index (χ4v) is 8.88. The molecule has 0 N–H and O–H groups in total. The third kappa shape index (κ3) is 4.26. The van der Waals surface area contributed by atoms with Crippen LogP contribution in [0.15, 0.2) is 47.0 Å². The topological polar surface area (TPSA) is 77.7 Å². The van der Waals surface area contributed by atoms with E-state index in [1.807, 2.05) is 29.2 Å². The highest BCUT2D eigenvalue weighted by atomic mass is 19.3. The van der Waals surface area contributed by atoms with Gasteiger partial charge in [0.1, 0.15) is 5.67 Å². The number of rotatable bonds is 8. The minimum absolute atomic E-state index is 0.00929. The van der Waals surface area contributed by atoms with E-state index >= 15 is 0 Å². The van der Waals surface area contributed by atoms with Crippen molar-refractivity contribution in [3.63, 3.8) is 0 Å². The summed E-state index contributed by atoms with van der Waals surface area (Å²) in [5.74, 6) is 2.10. The van der Waals surface area contributed by atoms with Crippen molar-refractivity contribution in [2.24, 2.45) is 10.8 Å². The number of carbonyl (C=O) groups excluding carboxylic acids is 1. The first kappa shape index (κ1) is 26.8. The maximum Gasteiger partial charge on any atom is 0.586 e. The van der Waals surface area contributed by atoms with Gasteiger partial charge in [0.05, 0.1) is 0 Å². The molecule has 7 nitrogen and oxygen atoms in total. The monoisotopic (exact) mass is 605 g/mol. The Morgan fingerprint density at radius 1 is 0.864 bits per heavy atom. The van der Waals surface area contributed by atoms with Gasteiger partial charge in [-0.2, -0.15) is 4.98 Å². The number of hydrogen-bond donors (Lipinski definition) is 0. The van der Waals surface area contributed by atoms with Gasteiger partial charge in [-0.15, -0.1) is 8.78 Å². The molecular weight excluding hydrogens is 571 g/mol. The van der Waals surface area contributed by atoms with Gasteiger partial charge in [-0.1, -0.05) is 23.4 Å². The lowest BCUT2D eigenvalue weighted by atomic mass is 9.41. The quantitative estimate of drug-likeness (QED) is 0.260. The normalized spacial score (nSPS) is 33.9. The molecule has 230 valence electrons. The molecule has 1 aliphatic heterocycles. The van der Waals surface area contributed by atoms with E-state index in [9.17, 15) is 18.0 Å². The van der Waals surface area contributed by atoms with E-state index in [1.165, 1.54) is 12.1 Å². The molecule has 3 aromatic rings. The van der Waals surface area contributed by atoms with Crippen LogP contribution >= 0.6 is 0 Å². The molecule has 8 aliphatic rings. The Morgan fingerprint density at radius 3 is 2.27 bits per heavy atom. The Balaban J connectivity index is 0.987. The van der Waals surface area contributed by atoms with Crippen molar-refractivity contribution >= 4 is 11.6 Å². The zero-order valence-corrected chi connectivity index (χ0v) is 24.4. The van der Waals surface area contributed by atoms with Gasteiger partial charge in [0.25, 0.3) is 0 Å². The Labute approximate surface area is 253 Å². The number of nitrogens with zero attached hydrogens (tertiary/aromatic N) is 3. The van der Waals surface area contributed by atoms with Crippen LogP contribution in [0, 0.1) is 10.8 Å². The molecule has 2 heterocycles. The molecule has 0 spiro atoms. The van der Waals surface area contributed by atoms with Crippen LogP contribution in [0.4, 0.5) is 18.9 Å². The molecule has 0 radical (unpaired) electrons. The lowest BCUT2D eigenvalue weighted by molar-refractivity contribution is -0.286. The van der Waals surface area contributed by atoms with Gasteiger partial charge in [0.2, 0.25) is 11.8 Å². The Bertz CT molecular complexity index is 1640. The summed E-state index contributed by atoms with van der Waals surface area (Å²) in [6, 6.07) is 12.4. The molecule has 1 aromatic heterocycles. The minimum atomic E-state index is -3.69. The fourth-order valence-electron chi connectivity index (χ4n) is 8.88. The van der Waals surface area contributed by atoms with Crippen LogP contribution in [0.1, 0.15) is 94.7 Å². The number of ether oxygens (including phenoxy) is 2. The van der Waals surface area contributed by atoms with Crippen molar-refractivity contribution in [2.75, 3.05) is 11.4 Å². The summed E-state index contributed by atoms with van der Waals surface area (Å²) in [6.45, 7) is 0.590. The average Bonchev–Trinajstić information content (AvgIpc) is 3.61. The zero-order valence-electron chi connectivity index (χ0n) is 24.4. The Morgan fingerprint density at radius 2 is 1.57 bits per heavy atom. The first-order valence-electron chi connectivity index (χ1n) is 15.9. The van der Waals surface area contributed by atoms with Crippen LogP contribution in [-0.2, 0) is 10.2 Å². The van der Waals surface area contributed by atoms with Crippen LogP contribution in [0.3, 0.4) is 0 Å². The van der Waals surface area contributed by atoms with Crippen LogP contribution in [0.25, 0.3) is 11.1 Å². The Hall–Kier alpha value is -3.56. The molecule has 10 heteroatoms. The van der Waals surface area contributed by atoms with Crippen LogP contribution in [0.2, 0.25) is 0 Å². The summed E-state index contributed by atoms with van der Waals surface area (Å²) in [5, 5.41) is 4.29. The van der Waals surface area contributed by atoms with E-state index in [1.54, 1.807) is 6.07 Å². The summed E-state index contributed by atoms with van der Waals surface area (Å²) >= 11 is 0. The van der Waals surface area contributed by atoms with Gasteiger partial charge >= 0.3 is 6.29 Å². The first-order chi connectivity index (χ1) is 21.0. The summed E-state index contributed by atoms with van der Waals surface area (Å²) < 4.78 is 56.7. The summed E-state index contributed by atoms with van der Waals surface area (Å²) in [4.78, 5) is 20.9. The lowest BCUT2D eigenvalue weighted by Crippen LogP contribution is -2.65. The number of amides is 1. The second-order valence-corrected chi connectivity index (χ2v) is 14.7. The molecule has 44 heavy (non-hydrogen) atoms. The summed E-state index contributed by atoms with van der Waals surface area (Å²) in [6.07, 6.45) is 6.11. The number of fused-ring (bicyclic) bond motifs is 4. The van der Waals surface area contributed by atoms with Crippen LogP contribution in [-0.4, -0.2) is 34.6 Å². The van der Waals surface area contributed by atoms with E-state index in [2.05, 4.69) is 14.6 Å². The highest BCUT2D eigenvalue weighted by Gasteiger charge is 2.69. The largest absolute Gasteiger partial charge is 0.586 e. The van der Waals surface area contributed by atoms with Crippen molar-refractivity contribution in [1.82, 2.24) is 10.1 Å². The molecule has 7 fully saturated rings. The molecular formula is C34H34F3N3O4. The number of benzene rings is 2. The number of alkyl halides is 3. The number of carbonyl (C=O) groups is 1. The van der Waals surface area contributed by atoms with Gasteiger partial charge in [-0.05, 0) is 117 Å². The molecule has 11 rings (SSSR count). The number of anilines is 1. The van der Waals surface area contributed by atoms with Gasteiger partial charge in [-0.3, -0.25) is 4.79 Å². The van der Waals surface area contributed by atoms with Crippen molar-refractivity contribution in [1.29, 1.82) is 0 Å². The van der Waals surface area contributed by atoms with E-state index in [4.69, 9.17) is 9.51 Å². The van der Waals surface area contributed by atoms with E-state index in [0.717, 1.165) is 74.3 Å². The number of hydrogen-bond acceptors (Lipinski definition) is 6. The molecule has 4 bridgehead atoms. The summed E-state index contributed by atoms with van der Waals surface area (Å²) in [7, 11) is 0. The standard InChI is InChI=1S/C34H34F3N3O4/c35-33-17-31(18-33,19-33)16-27(41)40(24-3-1-2-22(14-24)23-6-7-25-26(15-23)43-34(36,37)42-25)20-30-8-11-32(12-9-30,13-10-30)29-38-28(39-44-29)21-4-5-21/h1-3,6-7,14-15,21H,4-5,8-13,16-20H2. The molecule has 7 aliphatic carbocycles. The highest BCUT2D eigenvalue weighted by molar-refractivity contribution is 5.95. The van der Waals surface area contributed by atoms with Gasteiger partial charge in [-0.25, -0.2) is 4.39 Å². The van der Waals surface area contributed by atoms with Crippen LogP contribution < -0.4 is 14.4 Å². The third-order valence-corrected chi connectivity index (χ3v) is 11.5. The van der Waals surface area contributed by atoms with Gasteiger partial charge in [0, 0.05) is 30.0 Å². The Kier molecular flexibility index (Phi) is 5.35. The molecule has 0 unspecified atom stereocenters. The number of halogens is 3. The van der Waals surface area contributed by atoms with Crippen molar-refractivity contribution in [3.8, 4) is 22.6 Å². The lowest BCUT2D eigenvalue weighted by Gasteiger charge is -2.66. The van der Waals surface area contributed by atoms with E-state index < -0.39 is 12.0 Å². The van der Waals surface area contributed by atoms with E-state index in [0.29, 0.717) is 43.7 Å². The molecule has 7 saturated carbocycles. The SMILES string of the molecule is O=C(CC12CC(F)(C1)C2)N(CC12CCC(c3nc(C4CC4)no3)(CC1)CC2)c1cccc(-c2ccc3c(c2)OC(F)(F)O3)c1. The summed E-state index contributed by atoms with van der Waals surface area (Å²) in [5.41, 5.74) is 0.840. The molecule has 0 saturated heterocycles. The molecule has 2 aromatic carbocycles. The second-order valence-electron chi connectivity index (χ2n) is 14.7. The minimum Gasteiger partial charge on any atom is -0.395 e. The van der Waals surface area contributed by atoms with E-state index in [-0.39, 0.29) is 33.7 Å². The number of aromatic nitrogens is 2. The maximum atomic E-state index is 14.4. The molecule has 0 atom stereocenters. The third-order valence-electron chi connectivity index (χ3n) is 11.5. The smallest absolute Gasteiger partial charge is 0.395 e. The fraction of sp³-hybridized carbons (Fsp3) is 0.559. The average molecular weight is 606 g/mol. The van der Waals surface area contributed by atoms with Crippen LogP contribution in [0.5, 0.6) is 11.5 Å². The maximum absolute atomic E-state index is 14.4. The van der Waals surface area contributed by atoms with Crippen molar-refractivity contribution in [2.45, 2.75) is 100 Å². The predicted molar refractivity (Wildman–Crippen MR) is 153 cm³/mol. The second kappa shape index (κ2) is 8.79. The van der Waals surface area contributed by atoms with Gasteiger partial charge in [0.15, 0.2) is 17.3 Å². The van der Waals surface area contributed by atoms with Crippen molar-refractivity contribution in [3.05, 3.63) is 54.2 Å². The van der Waals surface area contributed by atoms with Crippen molar-refractivity contribution < 1.29 is 32.0 Å². The van der Waals surface area contributed by atoms with Gasteiger partial charge < -0.3 is 18.9 Å². The first-order valence-corrected chi connectivity index (χ1v) is 15.9.